The van der Waals surface area contributed by atoms with Gasteiger partial charge in [0.25, 0.3) is 5.91 Å². The maximum absolute atomic E-state index is 12.2. The number of likely N-dealkylation sites (tertiary alicyclic amines) is 1. The number of sulfone groups is 1. The lowest BCUT2D eigenvalue weighted by atomic mass is 10.2. The van der Waals surface area contributed by atoms with Gasteiger partial charge < -0.3 is 14.4 Å². The van der Waals surface area contributed by atoms with E-state index in [-0.39, 0.29) is 24.3 Å². The van der Waals surface area contributed by atoms with Crippen molar-refractivity contribution in [1.29, 1.82) is 0 Å². The zero-order valence-corrected chi connectivity index (χ0v) is 12.5. The van der Waals surface area contributed by atoms with Gasteiger partial charge in [-0.1, -0.05) is 12.1 Å². The molecule has 21 heavy (non-hydrogen) atoms. The highest BCUT2D eigenvalue weighted by molar-refractivity contribution is 7.92. The lowest BCUT2D eigenvalue weighted by Crippen LogP contribution is -2.45. The van der Waals surface area contributed by atoms with E-state index in [9.17, 15) is 13.2 Å². The van der Waals surface area contributed by atoms with Crippen LogP contribution in [0.4, 0.5) is 0 Å². The Morgan fingerprint density at radius 3 is 2.62 bits per heavy atom. The van der Waals surface area contributed by atoms with Crippen molar-refractivity contribution in [3.63, 3.8) is 0 Å². The summed E-state index contributed by atoms with van der Waals surface area (Å²) in [7, 11) is -1.45. The number of carbonyl (C=O) groups is 1. The molecule has 2 unspecified atom stereocenters. The molecule has 2 heterocycles. The summed E-state index contributed by atoms with van der Waals surface area (Å²) in [6.45, 7) is 0.185. The number of rotatable bonds is 4. The maximum atomic E-state index is 12.2. The Balaban J connectivity index is 1.61. The molecule has 2 aliphatic heterocycles. The van der Waals surface area contributed by atoms with Gasteiger partial charge in [0.05, 0.1) is 18.1 Å². The molecule has 0 N–H and O–H groups in total. The van der Waals surface area contributed by atoms with Gasteiger partial charge in [0.1, 0.15) is 0 Å². The second-order valence-electron chi connectivity index (χ2n) is 5.33. The first-order valence-electron chi connectivity index (χ1n) is 6.78. The molecule has 3 rings (SSSR count). The van der Waals surface area contributed by atoms with E-state index in [0.717, 1.165) is 0 Å². The van der Waals surface area contributed by atoms with Crippen LogP contribution in [0.3, 0.4) is 0 Å². The molecule has 0 spiro atoms. The summed E-state index contributed by atoms with van der Waals surface area (Å²) >= 11 is 0. The molecule has 2 aliphatic rings. The van der Waals surface area contributed by atoms with E-state index < -0.39 is 15.1 Å². The van der Waals surface area contributed by atoms with Gasteiger partial charge in [-0.3, -0.25) is 4.79 Å². The van der Waals surface area contributed by atoms with E-state index >= 15 is 0 Å². The van der Waals surface area contributed by atoms with Crippen molar-refractivity contribution >= 4 is 15.7 Å². The van der Waals surface area contributed by atoms with Gasteiger partial charge >= 0.3 is 0 Å². The molecule has 2 saturated heterocycles. The number of amides is 1. The van der Waals surface area contributed by atoms with Crippen LogP contribution in [0.25, 0.3) is 0 Å². The Labute approximate surface area is 123 Å². The fourth-order valence-electron chi connectivity index (χ4n) is 2.96. The van der Waals surface area contributed by atoms with Crippen molar-refractivity contribution in [3.8, 4) is 11.5 Å². The second-order valence-corrected chi connectivity index (χ2v) is 7.65. The van der Waals surface area contributed by atoms with E-state index in [1.54, 1.807) is 23.1 Å². The van der Waals surface area contributed by atoms with Gasteiger partial charge in [-0.15, -0.1) is 0 Å². The first kappa shape index (κ1) is 14.2. The van der Waals surface area contributed by atoms with Gasteiger partial charge in [0.15, 0.2) is 27.9 Å². The third-order valence-electron chi connectivity index (χ3n) is 4.05. The van der Waals surface area contributed by atoms with E-state index in [0.29, 0.717) is 24.5 Å². The minimum absolute atomic E-state index is 0.0814. The number of para-hydroxylation sites is 2. The molecule has 2 atom stereocenters. The molecule has 0 aromatic heterocycles. The van der Waals surface area contributed by atoms with Gasteiger partial charge in [-0.25, -0.2) is 8.42 Å². The van der Waals surface area contributed by atoms with Crippen LogP contribution >= 0.6 is 0 Å². The van der Waals surface area contributed by atoms with Gasteiger partial charge in [0, 0.05) is 12.6 Å². The molecule has 1 amide bonds. The smallest absolute Gasteiger partial charge is 0.260 e. The largest absolute Gasteiger partial charge is 0.493 e. The second kappa shape index (κ2) is 5.22. The van der Waals surface area contributed by atoms with Gasteiger partial charge in [-0.05, 0) is 18.6 Å². The van der Waals surface area contributed by atoms with Crippen molar-refractivity contribution in [1.82, 2.24) is 4.90 Å². The molecule has 7 heteroatoms. The predicted octanol–water partition coefficient (Wildman–Crippen LogP) is 0.472. The highest BCUT2D eigenvalue weighted by atomic mass is 32.2. The van der Waals surface area contributed by atoms with Crippen LogP contribution in [0.1, 0.15) is 6.42 Å². The van der Waals surface area contributed by atoms with Crippen LogP contribution < -0.4 is 9.47 Å². The maximum Gasteiger partial charge on any atom is 0.260 e. The fourth-order valence-corrected chi connectivity index (χ4v) is 4.99. The molecule has 2 fully saturated rings. The Kier molecular flexibility index (Phi) is 3.52. The molecule has 6 nitrogen and oxygen atoms in total. The standard InChI is InChI=1S/C14H17NO5S/c1-19-12-4-2-3-5-13(12)20-8-14(16)15-7-11-6-10(15)9-21(11,17)18/h2-5,10-11H,6-9H2,1H3. The summed E-state index contributed by atoms with van der Waals surface area (Å²) in [5.74, 6) is 0.974. The third-order valence-corrected chi connectivity index (χ3v) is 6.26. The average molecular weight is 311 g/mol. The summed E-state index contributed by atoms with van der Waals surface area (Å²) < 4.78 is 34.0. The number of nitrogens with zero attached hydrogens (tertiary/aromatic N) is 1. The number of hydrogen-bond acceptors (Lipinski definition) is 5. The van der Waals surface area contributed by atoms with Crippen molar-refractivity contribution in [3.05, 3.63) is 24.3 Å². The van der Waals surface area contributed by atoms with E-state index in [4.69, 9.17) is 9.47 Å². The zero-order chi connectivity index (χ0) is 15.0. The molecular formula is C14H17NO5S. The van der Waals surface area contributed by atoms with Crippen molar-refractivity contribution in [2.24, 2.45) is 0 Å². The SMILES string of the molecule is COc1ccccc1OCC(=O)N1CC2CC1CS2(=O)=O. The van der Waals surface area contributed by atoms with Crippen molar-refractivity contribution in [2.75, 3.05) is 26.0 Å². The Morgan fingerprint density at radius 1 is 1.33 bits per heavy atom. The highest BCUT2D eigenvalue weighted by Crippen LogP contribution is 2.33. The minimum atomic E-state index is -2.99. The molecule has 2 bridgehead atoms. The number of hydrogen-bond donors (Lipinski definition) is 0. The molecule has 0 saturated carbocycles. The van der Waals surface area contributed by atoms with Crippen molar-refractivity contribution < 1.29 is 22.7 Å². The Morgan fingerprint density at radius 2 is 2.05 bits per heavy atom. The molecule has 0 radical (unpaired) electrons. The molecule has 0 aliphatic carbocycles. The molecule has 114 valence electrons. The van der Waals surface area contributed by atoms with Crippen LogP contribution in [0.5, 0.6) is 11.5 Å². The van der Waals surface area contributed by atoms with Gasteiger partial charge in [0.2, 0.25) is 0 Å². The monoisotopic (exact) mass is 311 g/mol. The normalized spacial score (nSPS) is 25.9. The Bertz CT molecular complexity index is 657. The average Bonchev–Trinajstić information content (AvgIpc) is 3.00. The first-order valence-corrected chi connectivity index (χ1v) is 8.49. The highest BCUT2D eigenvalue weighted by Gasteiger charge is 2.49. The van der Waals surface area contributed by atoms with Crippen LogP contribution in [-0.2, 0) is 14.6 Å². The van der Waals surface area contributed by atoms with Crippen LogP contribution in [0, 0.1) is 0 Å². The number of fused-ring (bicyclic) bond motifs is 2. The summed E-state index contributed by atoms with van der Waals surface area (Å²) in [5.41, 5.74) is 0. The predicted molar refractivity (Wildman–Crippen MR) is 76.2 cm³/mol. The summed E-state index contributed by atoms with van der Waals surface area (Å²) in [4.78, 5) is 13.8. The first-order chi connectivity index (χ1) is 10.0. The van der Waals surface area contributed by atoms with Gasteiger partial charge in [-0.2, -0.15) is 0 Å². The fraction of sp³-hybridized carbons (Fsp3) is 0.500. The lowest BCUT2D eigenvalue weighted by molar-refractivity contribution is -0.133. The van der Waals surface area contributed by atoms with Crippen LogP contribution in [0.15, 0.2) is 24.3 Å². The molecule has 1 aromatic carbocycles. The van der Waals surface area contributed by atoms with E-state index in [1.165, 1.54) is 7.11 Å². The van der Waals surface area contributed by atoms with Crippen molar-refractivity contribution in [2.45, 2.75) is 17.7 Å². The van der Waals surface area contributed by atoms with E-state index in [2.05, 4.69) is 0 Å². The minimum Gasteiger partial charge on any atom is -0.493 e. The number of carbonyl (C=O) groups excluding carboxylic acids is 1. The lowest BCUT2D eigenvalue weighted by Gasteiger charge is -2.26. The molecular weight excluding hydrogens is 294 g/mol. The van der Waals surface area contributed by atoms with E-state index in [1.807, 2.05) is 6.07 Å². The number of methoxy groups -OCH3 is 1. The molecule has 1 aromatic rings. The summed E-state index contributed by atoms with van der Waals surface area (Å²) in [6.07, 6.45) is 0.558. The number of ether oxygens (including phenoxy) is 2. The quantitative estimate of drug-likeness (QED) is 0.808. The summed E-state index contributed by atoms with van der Waals surface area (Å²) in [5, 5.41) is -0.391. The summed E-state index contributed by atoms with van der Waals surface area (Å²) in [6, 6.07) is 6.91. The topological polar surface area (TPSA) is 72.9 Å². The van der Waals surface area contributed by atoms with Crippen LogP contribution in [0.2, 0.25) is 0 Å². The number of benzene rings is 1. The Hall–Kier alpha value is -1.76. The van der Waals surface area contributed by atoms with Crippen LogP contribution in [-0.4, -0.2) is 56.5 Å². The third kappa shape index (κ3) is 2.57. The zero-order valence-electron chi connectivity index (χ0n) is 11.7.